The maximum Gasteiger partial charge on any atom is 0.230 e. The van der Waals surface area contributed by atoms with Crippen LogP contribution in [0.15, 0.2) is 30.5 Å². The van der Waals surface area contributed by atoms with Gasteiger partial charge in [-0.05, 0) is 45.8 Å². The molecule has 148 valence electrons. The zero-order valence-electron chi connectivity index (χ0n) is 17.2. The standard InChI is InChI=1S/C23H30N4O/c1-16-7-9-18(10-8-16)17(2)23(28)27-13-11-20-19(15-27)14-24-22(25-20)21-6-4-5-12-26(21)3/h7-10,14,17,21H,4-6,11-13,15H2,1-3H3. The molecule has 2 unspecified atom stereocenters. The topological polar surface area (TPSA) is 49.3 Å². The zero-order valence-corrected chi connectivity index (χ0v) is 17.2. The smallest absolute Gasteiger partial charge is 0.230 e. The van der Waals surface area contributed by atoms with Crippen LogP contribution in [-0.2, 0) is 17.8 Å². The van der Waals surface area contributed by atoms with Gasteiger partial charge in [0.2, 0.25) is 5.91 Å². The Morgan fingerprint density at radius 3 is 2.71 bits per heavy atom. The lowest BCUT2D eigenvalue weighted by Gasteiger charge is -2.33. The van der Waals surface area contributed by atoms with Gasteiger partial charge in [-0.3, -0.25) is 9.69 Å². The molecule has 28 heavy (non-hydrogen) atoms. The average Bonchev–Trinajstić information content (AvgIpc) is 2.73. The first-order chi connectivity index (χ1) is 13.5. The Morgan fingerprint density at radius 2 is 1.96 bits per heavy atom. The summed E-state index contributed by atoms with van der Waals surface area (Å²) in [5.74, 6) is 1.01. The predicted molar refractivity (Wildman–Crippen MR) is 110 cm³/mol. The fourth-order valence-corrected chi connectivity index (χ4v) is 4.35. The molecule has 1 saturated heterocycles. The van der Waals surface area contributed by atoms with E-state index in [0.29, 0.717) is 12.6 Å². The number of fused-ring (bicyclic) bond motifs is 1. The number of carbonyl (C=O) groups is 1. The van der Waals surface area contributed by atoms with Gasteiger partial charge in [0.25, 0.3) is 0 Å². The van der Waals surface area contributed by atoms with Crippen molar-refractivity contribution in [2.45, 2.75) is 58.0 Å². The van der Waals surface area contributed by atoms with Crippen LogP contribution in [0.2, 0.25) is 0 Å². The summed E-state index contributed by atoms with van der Waals surface area (Å²) in [7, 11) is 2.17. The minimum absolute atomic E-state index is 0.127. The molecule has 0 N–H and O–H groups in total. The van der Waals surface area contributed by atoms with Crippen LogP contribution in [0.25, 0.3) is 0 Å². The first-order valence-electron chi connectivity index (χ1n) is 10.4. The van der Waals surface area contributed by atoms with Crippen molar-refractivity contribution in [2.24, 2.45) is 0 Å². The fourth-order valence-electron chi connectivity index (χ4n) is 4.35. The van der Waals surface area contributed by atoms with E-state index in [4.69, 9.17) is 4.98 Å². The van der Waals surface area contributed by atoms with Crippen molar-refractivity contribution in [3.63, 3.8) is 0 Å². The highest BCUT2D eigenvalue weighted by Gasteiger charge is 2.28. The van der Waals surface area contributed by atoms with E-state index in [1.165, 1.54) is 18.4 Å². The van der Waals surface area contributed by atoms with Crippen LogP contribution in [0.1, 0.15) is 66.4 Å². The number of likely N-dealkylation sites (tertiary alicyclic amines) is 1. The van der Waals surface area contributed by atoms with Crippen molar-refractivity contribution in [1.82, 2.24) is 19.8 Å². The van der Waals surface area contributed by atoms with Crippen molar-refractivity contribution < 1.29 is 4.79 Å². The van der Waals surface area contributed by atoms with Gasteiger partial charge in [0.05, 0.1) is 17.7 Å². The third kappa shape index (κ3) is 3.81. The molecule has 1 aromatic heterocycles. The van der Waals surface area contributed by atoms with Crippen LogP contribution >= 0.6 is 0 Å². The van der Waals surface area contributed by atoms with Crippen LogP contribution in [0.4, 0.5) is 0 Å². The highest BCUT2D eigenvalue weighted by atomic mass is 16.2. The van der Waals surface area contributed by atoms with Gasteiger partial charge in [0.1, 0.15) is 5.82 Å². The molecule has 0 aliphatic carbocycles. The molecule has 2 atom stereocenters. The molecule has 5 heteroatoms. The van der Waals surface area contributed by atoms with E-state index in [1.54, 1.807) is 0 Å². The number of amides is 1. The van der Waals surface area contributed by atoms with E-state index in [1.807, 2.05) is 18.0 Å². The Morgan fingerprint density at radius 1 is 1.18 bits per heavy atom. The summed E-state index contributed by atoms with van der Waals surface area (Å²) < 4.78 is 0. The van der Waals surface area contributed by atoms with Gasteiger partial charge in [0, 0.05) is 31.3 Å². The van der Waals surface area contributed by atoms with E-state index in [0.717, 1.165) is 48.6 Å². The molecule has 2 aromatic rings. The number of hydrogen-bond acceptors (Lipinski definition) is 4. The summed E-state index contributed by atoms with van der Waals surface area (Å²) in [6, 6.07) is 8.60. The van der Waals surface area contributed by atoms with Crippen molar-refractivity contribution in [2.75, 3.05) is 20.1 Å². The van der Waals surface area contributed by atoms with Crippen molar-refractivity contribution in [1.29, 1.82) is 0 Å². The largest absolute Gasteiger partial charge is 0.337 e. The monoisotopic (exact) mass is 378 g/mol. The summed E-state index contributed by atoms with van der Waals surface area (Å²) >= 11 is 0. The molecule has 4 rings (SSSR count). The molecular weight excluding hydrogens is 348 g/mol. The average molecular weight is 379 g/mol. The highest BCUT2D eigenvalue weighted by molar-refractivity contribution is 5.83. The lowest BCUT2D eigenvalue weighted by Crippen LogP contribution is -2.39. The number of rotatable bonds is 3. The number of aryl methyl sites for hydroxylation is 1. The van der Waals surface area contributed by atoms with Crippen LogP contribution in [0.5, 0.6) is 0 Å². The van der Waals surface area contributed by atoms with Crippen LogP contribution in [-0.4, -0.2) is 45.8 Å². The molecule has 1 aromatic carbocycles. The summed E-state index contributed by atoms with van der Waals surface area (Å²) in [5.41, 5.74) is 4.51. The van der Waals surface area contributed by atoms with Crippen molar-refractivity contribution in [3.8, 4) is 0 Å². The van der Waals surface area contributed by atoms with Crippen molar-refractivity contribution >= 4 is 5.91 Å². The normalized spacial score (nSPS) is 21.2. The second kappa shape index (κ2) is 8.00. The Hall–Kier alpha value is -2.27. The van der Waals surface area contributed by atoms with E-state index in [9.17, 15) is 4.79 Å². The molecule has 0 saturated carbocycles. The number of hydrogen-bond donors (Lipinski definition) is 0. The molecule has 0 radical (unpaired) electrons. The van der Waals surface area contributed by atoms with E-state index in [2.05, 4.69) is 48.1 Å². The minimum atomic E-state index is -0.127. The lowest BCUT2D eigenvalue weighted by atomic mass is 9.97. The van der Waals surface area contributed by atoms with Gasteiger partial charge in [-0.1, -0.05) is 36.2 Å². The molecular formula is C23H30N4O. The number of nitrogens with zero attached hydrogens (tertiary/aromatic N) is 4. The third-order valence-corrected chi connectivity index (χ3v) is 6.28. The molecule has 5 nitrogen and oxygen atoms in total. The van der Waals surface area contributed by atoms with E-state index < -0.39 is 0 Å². The van der Waals surface area contributed by atoms with E-state index >= 15 is 0 Å². The van der Waals surface area contributed by atoms with Gasteiger partial charge in [0.15, 0.2) is 0 Å². The zero-order chi connectivity index (χ0) is 19.7. The number of piperidine rings is 1. The number of benzene rings is 1. The summed E-state index contributed by atoms with van der Waals surface area (Å²) in [4.78, 5) is 26.9. The summed E-state index contributed by atoms with van der Waals surface area (Å²) in [6.07, 6.45) is 6.40. The summed E-state index contributed by atoms with van der Waals surface area (Å²) in [5, 5.41) is 0. The Labute approximate surface area is 167 Å². The van der Waals surface area contributed by atoms with Crippen LogP contribution < -0.4 is 0 Å². The van der Waals surface area contributed by atoms with Gasteiger partial charge in [-0.25, -0.2) is 9.97 Å². The van der Waals surface area contributed by atoms with Crippen LogP contribution in [0, 0.1) is 6.92 Å². The molecule has 1 amide bonds. The molecule has 1 fully saturated rings. The summed E-state index contributed by atoms with van der Waals surface area (Å²) in [6.45, 7) is 6.53. The third-order valence-electron chi connectivity index (χ3n) is 6.28. The van der Waals surface area contributed by atoms with Gasteiger partial charge < -0.3 is 4.90 Å². The molecule has 0 bridgehead atoms. The molecule has 0 spiro atoms. The predicted octanol–water partition coefficient (Wildman–Crippen LogP) is 3.63. The Kier molecular flexibility index (Phi) is 5.44. The lowest BCUT2D eigenvalue weighted by molar-refractivity contribution is -0.133. The van der Waals surface area contributed by atoms with Crippen molar-refractivity contribution in [3.05, 3.63) is 58.7 Å². The maximum atomic E-state index is 13.0. The van der Waals surface area contributed by atoms with Gasteiger partial charge in [-0.2, -0.15) is 0 Å². The Balaban J connectivity index is 1.47. The van der Waals surface area contributed by atoms with Gasteiger partial charge >= 0.3 is 0 Å². The molecule has 2 aliphatic rings. The SMILES string of the molecule is Cc1ccc(C(C)C(=O)N2CCc3nc(C4CCCCN4C)ncc3C2)cc1. The Bertz CT molecular complexity index is 848. The van der Waals surface area contributed by atoms with Gasteiger partial charge in [-0.15, -0.1) is 0 Å². The van der Waals surface area contributed by atoms with E-state index in [-0.39, 0.29) is 11.8 Å². The quantitative estimate of drug-likeness (QED) is 0.818. The first-order valence-corrected chi connectivity index (χ1v) is 10.4. The highest BCUT2D eigenvalue weighted by Crippen LogP contribution is 2.29. The fraction of sp³-hybridized carbons (Fsp3) is 0.522. The molecule has 3 heterocycles. The second-order valence-electron chi connectivity index (χ2n) is 8.33. The molecule has 2 aliphatic heterocycles. The maximum absolute atomic E-state index is 13.0. The number of carbonyl (C=O) groups excluding carboxylic acids is 1. The second-order valence-corrected chi connectivity index (χ2v) is 8.33. The first kappa shape index (κ1) is 19.1. The minimum Gasteiger partial charge on any atom is -0.337 e. The van der Waals surface area contributed by atoms with Crippen LogP contribution in [0.3, 0.4) is 0 Å². The number of aromatic nitrogens is 2.